The lowest BCUT2D eigenvalue weighted by Crippen LogP contribution is -2.32. The molecule has 0 saturated carbocycles. The number of aryl methyl sites for hydroxylation is 1. The molecular weight excluding hydrogens is 456 g/mol. The number of benzene rings is 2. The summed E-state index contributed by atoms with van der Waals surface area (Å²) in [6.45, 7) is 4.78. The van der Waals surface area contributed by atoms with Crippen LogP contribution in [0.5, 0.6) is 0 Å². The van der Waals surface area contributed by atoms with Gasteiger partial charge in [0.25, 0.3) is 0 Å². The molecule has 0 fully saturated rings. The number of carbonyl (C=O) groups is 1. The molecule has 3 aromatic heterocycles. The smallest absolute Gasteiger partial charge is 0.325 e. The average Bonchev–Trinajstić information content (AvgIpc) is 3.61. The number of H-pyrrole nitrogens is 1. The van der Waals surface area contributed by atoms with E-state index in [1.807, 2.05) is 41.3 Å². The van der Waals surface area contributed by atoms with Gasteiger partial charge in [-0.25, -0.2) is 10.1 Å². The van der Waals surface area contributed by atoms with Crippen LogP contribution in [0.4, 0.5) is 5.82 Å². The molecule has 0 atom stereocenters. The van der Waals surface area contributed by atoms with Crippen molar-refractivity contribution in [3.05, 3.63) is 78.1 Å². The lowest BCUT2D eigenvalue weighted by Gasteiger charge is -2.25. The number of anilines is 1. The zero-order valence-electron chi connectivity index (χ0n) is 20.1. The zero-order valence-corrected chi connectivity index (χ0v) is 20.1. The number of hydrogen-bond acceptors (Lipinski definition) is 8. The van der Waals surface area contributed by atoms with E-state index in [-0.39, 0.29) is 12.5 Å². The van der Waals surface area contributed by atoms with Crippen molar-refractivity contribution >= 4 is 17.4 Å². The summed E-state index contributed by atoms with van der Waals surface area (Å²) in [7, 11) is 0. The second kappa shape index (κ2) is 10.3. The molecule has 0 aliphatic carbocycles. The largest absolute Gasteiger partial charge is 0.465 e. The average molecular weight is 483 g/mol. The fourth-order valence-electron chi connectivity index (χ4n) is 4.16. The Kier molecular flexibility index (Phi) is 6.65. The van der Waals surface area contributed by atoms with Crippen molar-refractivity contribution in [2.24, 2.45) is 0 Å². The summed E-state index contributed by atoms with van der Waals surface area (Å²) < 4.78 is 7.02. The van der Waals surface area contributed by atoms with Crippen LogP contribution in [0.25, 0.3) is 28.2 Å². The normalized spacial score (nSPS) is 11.1. The van der Waals surface area contributed by atoms with E-state index < -0.39 is 0 Å². The number of ether oxygens (including phenoxy) is 1. The third kappa shape index (κ3) is 4.78. The van der Waals surface area contributed by atoms with Gasteiger partial charge in [-0.2, -0.15) is 9.61 Å². The fourth-order valence-corrected chi connectivity index (χ4v) is 4.16. The second-order valence-corrected chi connectivity index (χ2v) is 8.21. The maximum Gasteiger partial charge on any atom is 0.325 e. The first-order chi connectivity index (χ1) is 17.7. The predicted octanol–water partition coefficient (Wildman–Crippen LogP) is 3.71. The predicted molar refractivity (Wildman–Crippen MR) is 135 cm³/mol. The summed E-state index contributed by atoms with van der Waals surface area (Å²) in [4.78, 5) is 19.1. The van der Waals surface area contributed by atoms with E-state index in [2.05, 4.69) is 61.9 Å². The van der Waals surface area contributed by atoms with Gasteiger partial charge in [0.1, 0.15) is 12.4 Å². The highest BCUT2D eigenvalue weighted by Crippen LogP contribution is 2.30. The highest BCUT2D eigenvalue weighted by molar-refractivity contribution is 5.80. The molecule has 1 N–H and O–H groups in total. The van der Waals surface area contributed by atoms with Crippen LogP contribution >= 0.6 is 0 Å². The molecule has 36 heavy (non-hydrogen) atoms. The molecule has 0 radical (unpaired) electrons. The number of hydrogen-bond donors (Lipinski definition) is 1. The highest BCUT2D eigenvalue weighted by Gasteiger charge is 2.18. The van der Waals surface area contributed by atoms with Gasteiger partial charge in [-0.05, 0) is 40.5 Å². The van der Waals surface area contributed by atoms with Gasteiger partial charge in [0.2, 0.25) is 0 Å². The summed E-state index contributed by atoms with van der Waals surface area (Å²) in [5.74, 6) is 1.11. The van der Waals surface area contributed by atoms with Crippen molar-refractivity contribution < 1.29 is 9.53 Å². The monoisotopic (exact) mass is 482 g/mol. The lowest BCUT2D eigenvalue weighted by atomic mass is 9.98. The number of aromatic amines is 1. The molecule has 0 saturated heterocycles. The Balaban J connectivity index is 1.47. The van der Waals surface area contributed by atoms with Gasteiger partial charge in [-0.3, -0.25) is 4.79 Å². The molecule has 0 spiro atoms. The van der Waals surface area contributed by atoms with E-state index in [1.165, 1.54) is 0 Å². The first kappa shape index (κ1) is 23.2. The van der Waals surface area contributed by atoms with Crippen molar-refractivity contribution in [3.8, 4) is 22.5 Å². The zero-order chi connectivity index (χ0) is 24.9. The summed E-state index contributed by atoms with van der Waals surface area (Å²) in [5.41, 5.74) is 5.69. The molecule has 0 bridgehead atoms. The van der Waals surface area contributed by atoms with Crippen molar-refractivity contribution in [2.75, 3.05) is 18.1 Å². The van der Waals surface area contributed by atoms with Crippen LogP contribution in [-0.4, -0.2) is 54.3 Å². The minimum absolute atomic E-state index is 0.0963. The number of nitrogens with zero attached hydrogens (tertiary/aromatic N) is 7. The Morgan fingerprint density at radius 2 is 1.86 bits per heavy atom. The van der Waals surface area contributed by atoms with Crippen LogP contribution in [0, 0.1) is 0 Å². The van der Waals surface area contributed by atoms with Crippen LogP contribution < -0.4 is 4.90 Å². The Morgan fingerprint density at radius 3 is 2.58 bits per heavy atom. The van der Waals surface area contributed by atoms with Crippen LogP contribution in [0.1, 0.15) is 25.1 Å². The number of rotatable bonds is 9. The lowest BCUT2D eigenvalue weighted by molar-refractivity contribution is -0.141. The number of carbonyl (C=O) groups excluding carboxylic acids is 1. The Bertz CT molecular complexity index is 1460. The third-order valence-corrected chi connectivity index (χ3v) is 5.87. The van der Waals surface area contributed by atoms with Crippen LogP contribution in [-0.2, 0) is 22.5 Å². The minimum atomic E-state index is -0.293. The number of tetrazole rings is 1. The standard InChI is InChI=1S/C26H26N8O2/c1-3-20-15-24(34-23(28-20)13-14-27-34)33(17-25(35)36-4-2)16-18-9-11-19(12-10-18)21-7-5-6-8-22(21)26-29-31-32-30-26/h5-15H,3-4,16-17H2,1-2H3,(H,29,30,31,32). The van der Waals surface area contributed by atoms with Gasteiger partial charge in [0.05, 0.1) is 12.8 Å². The third-order valence-electron chi connectivity index (χ3n) is 5.87. The van der Waals surface area contributed by atoms with Gasteiger partial charge >= 0.3 is 5.97 Å². The second-order valence-electron chi connectivity index (χ2n) is 8.21. The summed E-state index contributed by atoms with van der Waals surface area (Å²) in [6, 6.07) is 20.1. The van der Waals surface area contributed by atoms with Crippen molar-refractivity contribution in [1.29, 1.82) is 0 Å². The summed E-state index contributed by atoms with van der Waals surface area (Å²) in [6.07, 6.45) is 2.49. The number of nitrogens with one attached hydrogen (secondary N) is 1. The van der Waals surface area contributed by atoms with Crippen LogP contribution in [0.15, 0.2) is 66.9 Å². The van der Waals surface area contributed by atoms with E-state index in [0.29, 0.717) is 19.0 Å². The summed E-state index contributed by atoms with van der Waals surface area (Å²) >= 11 is 0. The molecule has 3 heterocycles. The number of aromatic nitrogens is 7. The van der Waals surface area contributed by atoms with Gasteiger partial charge in [0, 0.05) is 29.9 Å². The van der Waals surface area contributed by atoms with E-state index >= 15 is 0 Å². The molecule has 5 rings (SSSR count). The topological polar surface area (TPSA) is 114 Å². The van der Waals surface area contributed by atoms with Gasteiger partial charge in [-0.15, -0.1) is 5.10 Å². The van der Waals surface area contributed by atoms with Crippen LogP contribution in [0.3, 0.4) is 0 Å². The summed E-state index contributed by atoms with van der Waals surface area (Å²) in [5, 5.41) is 18.7. The van der Waals surface area contributed by atoms with Crippen molar-refractivity contribution in [2.45, 2.75) is 26.8 Å². The van der Waals surface area contributed by atoms with E-state index in [4.69, 9.17) is 4.74 Å². The molecule has 10 nitrogen and oxygen atoms in total. The molecule has 5 aromatic rings. The Labute approximate surface area is 207 Å². The number of esters is 1. The molecule has 2 aromatic carbocycles. The molecule has 0 aliphatic rings. The molecule has 0 unspecified atom stereocenters. The minimum Gasteiger partial charge on any atom is -0.465 e. The first-order valence-electron chi connectivity index (χ1n) is 11.8. The van der Waals surface area contributed by atoms with E-state index in [0.717, 1.165) is 45.8 Å². The molecular formula is C26H26N8O2. The quantitative estimate of drug-likeness (QED) is 0.316. The van der Waals surface area contributed by atoms with Gasteiger partial charge in [-0.1, -0.05) is 55.5 Å². The maximum atomic E-state index is 12.5. The van der Waals surface area contributed by atoms with Crippen molar-refractivity contribution in [3.63, 3.8) is 0 Å². The Morgan fingerprint density at radius 1 is 1.06 bits per heavy atom. The molecule has 0 aliphatic heterocycles. The first-order valence-corrected chi connectivity index (χ1v) is 11.8. The Hall–Kier alpha value is -4.60. The molecule has 182 valence electrons. The molecule has 0 amide bonds. The maximum absolute atomic E-state index is 12.5. The van der Waals surface area contributed by atoms with E-state index in [1.54, 1.807) is 17.6 Å². The highest BCUT2D eigenvalue weighted by atomic mass is 16.5. The van der Waals surface area contributed by atoms with Crippen molar-refractivity contribution in [1.82, 2.24) is 35.2 Å². The van der Waals surface area contributed by atoms with Crippen LogP contribution in [0.2, 0.25) is 0 Å². The van der Waals surface area contributed by atoms with Gasteiger partial charge in [0.15, 0.2) is 11.5 Å². The molecule has 10 heteroatoms. The number of fused-ring (bicyclic) bond motifs is 1. The SMILES string of the molecule is CCOC(=O)CN(Cc1ccc(-c2ccccc2-c2nnn[nH]2)cc1)c1cc(CC)nc2ccnn12. The van der Waals surface area contributed by atoms with Gasteiger partial charge < -0.3 is 9.64 Å². The fraction of sp³-hybridized carbons (Fsp3) is 0.231. The van der Waals surface area contributed by atoms with E-state index in [9.17, 15) is 4.79 Å².